The highest BCUT2D eigenvalue weighted by atomic mass is 16.6. The van der Waals surface area contributed by atoms with Crippen molar-refractivity contribution >= 4 is 11.9 Å². The molecule has 0 bridgehead atoms. The second-order valence-corrected chi connectivity index (χ2v) is 6.44. The molecule has 21 heavy (non-hydrogen) atoms. The van der Waals surface area contributed by atoms with E-state index in [-0.39, 0.29) is 12.1 Å². The van der Waals surface area contributed by atoms with E-state index in [1.807, 2.05) is 20.8 Å². The number of carbonyl (C=O) groups is 1. The number of amides is 1. The Morgan fingerprint density at radius 3 is 2.71 bits per heavy atom. The molecule has 1 aromatic rings. The number of anilines is 1. The Balaban J connectivity index is 1.82. The van der Waals surface area contributed by atoms with Crippen molar-refractivity contribution in [2.24, 2.45) is 0 Å². The maximum Gasteiger partial charge on any atom is 0.407 e. The first-order valence-electron chi connectivity index (χ1n) is 7.44. The van der Waals surface area contributed by atoms with Crippen LogP contribution in [0.25, 0.3) is 0 Å². The fourth-order valence-electron chi connectivity index (χ4n) is 2.51. The number of rotatable bonds is 3. The molecule has 2 N–H and O–H groups in total. The van der Waals surface area contributed by atoms with Crippen LogP contribution in [0, 0.1) is 0 Å². The zero-order chi connectivity index (χ0) is 15.3. The van der Waals surface area contributed by atoms with Crippen molar-refractivity contribution in [3.8, 4) is 0 Å². The summed E-state index contributed by atoms with van der Waals surface area (Å²) in [5.41, 5.74) is -0.462. The van der Waals surface area contributed by atoms with Gasteiger partial charge in [0.25, 0.3) is 0 Å². The summed E-state index contributed by atoms with van der Waals surface area (Å²) in [6.45, 7) is 5.60. The predicted octanol–water partition coefficient (Wildman–Crippen LogP) is 2.72. The molecule has 2 atom stereocenters. The van der Waals surface area contributed by atoms with Crippen LogP contribution in [-0.2, 0) is 4.74 Å². The van der Waals surface area contributed by atoms with Crippen LogP contribution >= 0.6 is 0 Å². The number of nitrogens with zero attached hydrogens (tertiary/aromatic N) is 2. The Bertz CT molecular complexity index is 458. The highest BCUT2D eigenvalue weighted by Crippen LogP contribution is 2.21. The standard InChI is InChI=1S/C15H24N4O2/c1-15(2,3)21-14(20)19-12-6-4-5-11(9-12)18-13-10-16-7-8-17-13/h7-8,10-12H,4-6,9H2,1-3H3,(H,17,18)(H,19,20)/t11-,12-/m1/s1. The molecule has 0 aromatic carbocycles. The van der Waals surface area contributed by atoms with Gasteiger partial charge in [0.05, 0.1) is 6.20 Å². The van der Waals surface area contributed by atoms with Crippen LogP contribution < -0.4 is 10.6 Å². The van der Waals surface area contributed by atoms with Crippen molar-refractivity contribution in [2.45, 2.75) is 64.1 Å². The third-order valence-electron chi connectivity index (χ3n) is 3.31. The average molecular weight is 292 g/mol. The van der Waals surface area contributed by atoms with E-state index in [4.69, 9.17) is 4.74 Å². The minimum Gasteiger partial charge on any atom is -0.444 e. The number of nitrogens with one attached hydrogen (secondary N) is 2. The summed E-state index contributed by atoms with van der Waals surface area (Å²) in [4.78, 5) is 20.1. The van der Waals surface area contributed by atoms with Crippen LogP contribution in [0.5, 0.6) is 0 Å². The Morgan fingerprint density at radius 2 is 2.05 bits per heavy atom. The molecule has 1 fully saturated rings. The van der Waals surface area contributed by atoms with Crippen LogP contribution in [0.2, 0.25) is 0 Å². The predicted molar refractivity (Wildman–Crippen MR) is 81.1 cm³/mol. The molecule has 6 nitrogen and oxygen atoms in total. The Labute approximate surface area is 125 Å². The van der Waals surface area contributed by atoms with E-state index in [0.717, 1.165) is 31.5 Å². The van der Waals surface area contributed by atoms with E-state index in [1.54, 1.807) is 18.6 Å². The molecular weight excluding hydrogens is 268 g/mol. The minimum atomic E-state index is -0.462. The lowest BCUT2D eigenvalue weighted by Crippen LogP contribution is -2.43. The Kier molecular flexibility index (Phi) is 4.98. The van der Waals surface area contributed by atoms with Gasteiger partial charge < -0.3 is 15.4 Å². The molecule has 0 radical (unpaired) electrons. The van der Waals surface area contributed by atoms with Gasteiger partial charge in [-0.05, 0) is 46.5 Å². The molecule has 1 amide bonds. The zero-order valence-electron chi connectivity index (χ0n) is 12.9. The van der Waals surface area contributed by atoms with E-state index in [1.165, 1.54) is 0 Å². The summed E-state index contributed by atoms with van der Waals surface area (Å²) in [5, 5.41) is 6.32. The smallest absolute Gasteiger partial charge is 0.407 e. The normalized spacial score (nSPS) is 22.4. The number of carbonyl (C=O) groups excluding carboxylic acids is 1. The maximum absolute atomic E-state index is 11.8. The zero-order valence-corrected chi connectivity index (χ0v) is 12.9. The Morgan fingerprint density at radius 1 is 1.29 bits per heavy atom. The number of alkyl carbamates (subject to hydrolysis) is 1. The summed E-state index contributed by atoms with van der Waals surface area (Å²) >= 11 is 0. The monoisotopic (exact) mass is 292 g/mol. The lowest BCUT2D eigenvalue weighted by Gasteiger charge is -2.31. The molecule has 2 rings (SSSR count). The van der Waals surface area contributed by atoms with Gasteiger partial charge in [-0.15, -0.1) is 0 Å². The summed E-state index contributed by atoms with van der Waals surface area (Å²) < 4.78 is 5.30. The van der Waals surface area contributed by atoms with Gasteiger partial charge in [0.1, 0.15) is 11.4 Å². The fraction of sp³-hybridized carbons (Fsp3) is 0.667. The molecule has 6 heteroatoms. The van der Waals surface area contributed by atoms with Gasteiger partial charge in [-0.2, -0.15) is 0 Å². The van der Waals surface area contributed by atoms with E-state index in [2.05, 4.69) is 20.6 Å². The van der Waals surface area contributed by atoms with Crippen LogP contribution in [-0.4, -0.2) is 33.7 Å². The lowest BCUT2D eigenvalue weighted by molar-refractivity contribution is 0.0492. The second-order valence-electron chi connectivity index (χ2n) is 6.44. The van der Waals surface area contributed by atoms with E-state index in [9.17, 15) is 4.79 Å². The van der Waals surface area contributed by atoms with E-state index < -0.39 is 5.60 Å². The molecule has 0 unspecified atom stereocenters. The van der Waals surface area contributed by atoms with Crippen molar-refractivity contribution in [3.63, 3.8) is 0 Å². The SMILES string of the molecule is CC(C)(C)OC(=O)N[C@@H]1CCC[C@@H](Nc2cnccn2)C1. The molecule has 0 aliphatic heterocycles. The molecule has 0 saturated heterocycles. The molecular formula is C15H24N4O2. The highest BCUT2D eigenvalue weighted by molar-refractivity contribution is 5.68. The second kappa shape index (κ2) is 6.74. The van der Waals surface area contributed by atoms with E-state index in [0.29, 0.717) is 6.04 Å². The van der Waals surface area contributed by atoms with Crippen LogP contribution in [0.1, 0.15) is 46.5 Å². The number of hydrogen-bond acceptors (Lipinski definition) is 5. The summed E-state index contributed by atoms with van der Waals surface area (Å²) in [6.07, 6.45) is 8.69. The summed E-state index contributed by atoms with van der Waals surface area (Å²) in [6, 6.07) is 0.443. The van der Waals surface area contributed by atoms with Crippen LogP contribution in [0.3, 0.4) is 0 Å². The van der Waals surface area contributed by atoms with Crippen molar-refractivity contribution in [1.29, 1.82) is 0 Å². The third kappa shape index (κ3) is 5.57. The molecule has 1 aliphatic carbocycles. The average Bonchev–Trinajstić information content (AvgIpc) is 2.38. The van der Waals surface area contributed by atoms with Gasteiger partial charge in [-0.1, -0.05) is 0 Å². The molecule has 1 aromatic heterocycles. The lowest BCUT2D eigenvalue weighted by atomic mass is 9.91. The fourth-order valence-corrected chi connectivity index (χ4v) is 2.51. The van der Waals surface area contributed by atoms with Crippen molar-refractivity contribution in [1.82, 2.24) is 15.3 Å². The van der Waals surface area contributed by atoms with Gasteiger partial charge in [-0.3, -0.25) is 4.98 Å². The van der Waals surface area contributed by atoms with Crippen molar-refractivity contribution in [3.05, 3.63) is 18.6 Å². The maximum atomic E-state index is 11.8. The largest absolute Gasteiger partial charge is 0.444 e. The molecule has 0 spiro atoms. The summed E-state index contributed by atoms with van der Waals surface area (Å²) in [7, 11) is 0. The topological polar surface area (TPSA) is 76.1 Å². The molecule has 1 saturated carbocycles. The number of ether oxygens (including phenoxy) is 1. The van der Waals surface area contributed by atoms with Crippen LogP contribution in [0.15, 0.2) is 18.6 Å². The van der Waals surface area contributed by atoms with Gasteiger partial charge in [0.2, 0.25) is 0 Å². The van der Waals surface area contributed by atoms with Gasteiger partial charge >= 0.3 is 6.09 Å². The highest BCUT2D eigenvalue weighted by Gasteiger charge is 2.25. The van der Waals surface area contributed by atoms with Crippen LogP contribution in [0.4, 0.5) is 10.6 Å². The number of hydrogen-bond donors (Lipinski definition) is 2. The third-order valence-corrected chi connectivity index (χ3v) is 3.31. The summed E-state index contributed by atoms with van der Waals surface area (Å²) in [5.74, 6) is 0.778. The van der Waals surface area contributed by atoms with Gasteiger partial charge in [0.15, 0.2) is 0 Å². The first-order valence-corrected chi connectivity index (χ1v) is 7.44. The first kappa shape index (κ1) is 15.5. The van der Waals surface area contributed by atoms with E-state index >= 15 is 0 Å². The van der Waals surface area contributed by atoms with Crippen molar-refractivity contribution in [2.75, 3.05) is 5.32 Å². The molecule has 116 valence electrons. The molecule has 1 aliphatic rings. The molecule has 1 heterocycles. The van der Waals surface area contributed by atoms with Gasteiger partial charge in [-0.25, -0.2) is 9.78 Å². The quantitative estimate of drug-likeness (QED) is 0.896. The minimum absolute atomic E-state index is 0.141. The number of aromatic nitrogens is 2. The van der Waals surface area contributed by atoms with Gasteiger partial charge in [0, 0.05) is 24.5 Å². The Hall–Kier alpha value is -1.85. The first-order chi connectivity index (χ1) is 9.92. The van der Waals surface area contributed by atoms with Crippen molar-refractivity contribution < 1.29 is 9.53 Å².